The Labute approximate surface area is 112 Å². The molecule has 18 heavy (non-hydrogen) atoms. The minimum absolute atomic E-state index is 0.468. The summed E-state index contributed by atoms with van der Waals surface area (Å²) in [5.41, 5.74) is 3.76. The Balaban J connectivity index is 1.87. The highest BCUT2D eigenvalue weighted by Gasteiger charge is 2.46. The molecular weight excluding hydrogens is 216 g/mol. The summed E-state index contributed by atoms with van der Waals surface area (Å²) in [6.07, 6.45) is 16.6. The molecule has 4 atom stereocenters. The van der Waals surface area contributed by atoms with Crippen molar-refractivity contribution < 1.29 is 0 Å². The van der Waals surface area contributed by atoms with Crippen LogP contribution in [0.25, 0.3) is 0 Å². The third kappa shape index (κ3) is 1.73. The minimum atomic E-state index is 0.468. The van der Waals surface area contributed by atoms with Crippen LogP contribution in [0.1, 0.15) is 52.9 Å². The first-order chi connectivity index (χ1) is 8.65. The molecule has 3 aliphatic rings. The Morgan fingerprint density at radius 2 is 2.17 bits per heavy atom. The quantitative estimate of drug-likeness (QED) is 0.578. The molecule has 3 rings (SSSR count). The van der Waals surface area contributed by atoms with E-state index in [1.54, 1.807) is 11.1 Å². The molecular formula is C18H26. The molecule has 0 fully saturated rings. The first kappa shape index (κ1) is 12.3. The lowest BCUT2D eigenvalue weighted by Gasteiger charge is -2.45. The lowest BCUT2D eigenvalue weighted by molar-refractivity contribution is 0.165. The van der Waals surface area contributed by atoms with E-state index in [1.807, 2.05) is 0 Å². The Hall–Kier alpha value is -0.780. The Morgan fingerprint density at radius 3 is 2.94 bits per heavy atom. The van der Waals surface area contributed by atoms with E-state index in [0.29, 0.717) is 5.41 Å². The smallest absolute Gasteiger partial charge is 0.00475 e. The Morgan fingerprint density at radius 1 is 1.33 bits per heavy atom. The standard InChI is InChI=1S/C18H26/c1-4-5-14-7-8-15-10-11-18(3)13(2)6-9-17(18)16(15)12-14/h6-8,10,14,16-17H,4-5,9,11-12H2,1-3H3. The van der Waals surface area contributed by atoms with Gasteiger partial charge in [0.2, 0.25) is 0 Å². The monoisotopic (exact) mass is 242 g/mol. The maximum atomic E-state index is 2.53. The lowest BCUT2D eigenvalue weighted by atomic mass is 9.59. The summed E-state index contributed by atoms with van der Waals surface area (Å²) in [7, 11) is 0. The molecule has 0 aliphatic heterocycles. The largest absolute Gasteiger partial charge is 0.0847 e. The zero-order valence-electron chi connectivity index (χ0n) is 12.1. The first-order valence-electron chi connectivity index (χ1n) is 7.70. The molecule has 3 aliphatic carbocycles. The van der Waals surface area contributed by atoms with Gasteiger partial charge in [-0.25, -0.2) is 0 Å². The van der Waals surface area contributed by atoms with Crippen molar-refractivity contribution in [1.82, 2.24) is 0 Å². The molecule has 4 unspecified atom stereocenters. The van der Waals surface area contributed by atoms with Crippen LogP contribution in [-0.4, -0.2) is 0 Å². The predicted molar refractivity (Wildman–Crippen MR) is 78.3 cm³/mol. The molecule has 0 amide bonds. The molecule has 0 nitrogen and oxygen atoms in total. The van der Waals surface area contributed by atoms with Crippen LogP contribution in [0, 0.1) is 23.2 Å². The molecule has 0 bridgehead atoms. The average molecular weight is 242 g/mol. The maximum absolute atomic E-state index is 2.53. The molecule has 0 heteroatoms. The van der Waals surface area contributed by atoms with Gasteiger partial charge >= 0.3 is 0 Å². The van der Waals surface area contributed by atoms with Crippen molar-refractivity contribution in [1.29, 1.82) is 0 Å². The van der Waals surface area contributed by atoms with Crippen LogP contribution in [0.5, 0.6) is 0 Å². The normalized spacial score (nSPS) is 42.1. The van der Waals surface area contributed by atoms with Gasteiger partial charge in [-0.2, -0.15) is 0 Å². The van der Waals surface area contributed by atoms with Gasteiger partial charge in [0.05, 0.1) is 0 Å². The fourth-order valence-electron chi connectivity index (χ4n) is 4.45. The highest BCUT2D eigenvalue weighted by atomic mass is 14.5. The topological polar surface area (TPSA) is 0 Å². The van der Waals surface area contributed by atoms with Crippen LogP contribution in [0.2, 0.25) is 0 Å². The third-order valence-corrected chi connectivity index (χ3v) is 5.85. The van der Waals surface area contributed by atoms with E-state index in [-0.39, 0.29) is 0 Å². The third-order valence-electron chi connectivity index (χ3n) is 5.85. The van der Waals surface area contributed by atoms with Gasteiger partial charge in [-0.3, -0.25) is 0 Å². The van der Waals surface area contributed by atoms with Gasteiger partial charge in [-0.15, -0.1) is 0 Å². The van der Waals surface area contributed by atoms with E-state index in [1.165, 1.54) is 32.1 Å². The molecule has 0 heterocycles. The second-order valence-corrected chi connectivity index (χ2v) is 6.81. The fraction of sp³-hybridized carbons (Fsp3) is 0.667. The molecule has 0 aromatic heterocycles. The Bertz CT molecular complexity index is 423. The van der Waals surface area contributed by atoms with Crippen LogP contribution in [0.15, 0.2) is 35.5 Å². The zero-order valence-corrected chi connectivity index (χ0v) is 12.1. The van der Waals surface area contributed by atoms with Crippen LogP contribution in [-0.2, 0) is 0 Å². The van der Waals surface area contributed by atoms with Crippen molar-refractivity contribution in [3.63, 3.8) is 0 Å². The van der Waals surface area contributed by atoms with Gasteiger partial charge in [0.25, 0.3) is 0 Å². The number of fused-ring (bicyclic) bond motifs is 3. The van der Waals surface area contributed by atoms with Crippen LogP contribution in [0.4, 0.5) is 0 Å². The van der Waals surface area contributed by atoms with Crippen LogP contribution < -0.4 is 0 Å². The van der Waals surface area contributed by atoms with Crippen molar-refractivity contribution in [2.24, 2.45) is 23.2 Å². The maximum Gasteiger partial charge on any atom is -0.00475 e. The molecule has 0 radical (unpaired) electrons. The summed E-state index contributed by atoms with van der Waals surface area (Å²) in [5, 5.41) is 0. The first-order valence-corrected chi connectivity index (χ1v) is 7.70. The second kappa shape index (κ2) is 4.40. The number of rotatable bonds is 2. The van der Waals surface area contributed by atoms with Gasteiger partial charge in [0.1, 0.15) is 0 Å². The molecule has 98 valence electrons. The van der Waals surface area contributed by atoms with Crippen LogP contribution in [0.3, 0.4) is 0 Å². The molecule has 0 spiro atoms. The van der Waals surface area contributed by atoms with E-state index < -0.39 is 0 Å². The second-order valence-electron chi connectivity index (χ2n) is 6.81. The highest BCUT2D eigenvalue weighted by molar-refractivity contribution is 5.36. The highest BCUT2D eigenvalue weighted by Crippen LogP contribution is 2.56. The van der Waals surface area contributed by atoms with Crippen molar-refractivity contribution in [2.75, 3.05) is 0 Å². The van der Waals surface area contributed by atoms with Crippen molar-refractivity contribution >= 4 is 0 Å². The number of allylic oxidation sites excluding steroid dienone is 6. The molecule has 0 saturated heterocycles. The molecule has 0 N–H and O–H groups in total. The van der Waals surface area contributed by atoms with Gasteiger partial charge < -0.3 is 0 Å². The number of hydrogen-bond donors (Lipinski definition) is 0. The van der Waals surface area contributed by atoms with E-state index in [4.69, 9.17) is 0 Å². The van der Waals surface area contributed by atoms with E-state index in [0.717, 1.165) is 17.8 Å². The number of hydrogen-bond acceptors (Lipinski definition) is 0. The van der Waals surface area contributed by atoms with E-state index in [9.17, 15) is 0 Å². The fourth-order valence-corrected chi connectivity index (χ4v) is 4.45. The van der Waals surface area contributed by atoms with Crippen molar-refractivity contribution in [3.8, 4) is 0 Å². The van der Waals surface area contributed by atoms with Gasteiger partial charge in [-0.1, -0.05) is 50.1 Å². The average Bonchev–Trinajstić information content (AvgIpc) is 2.67. The van der Waals surface area contributed by atoms with Crippen molar-refractivity contribution in [2.45, 2.75) is 52.9 Å². The predicted octanol–water partition coefficient (Wildman–Crippen LogP) is 5.28. The van der Waals surface area contributed by atoms with Gasteiger partial charge in [-0.05, 0) is 61.3 Å². The van der Waals surface area contributed by atoms with Gasteiger partial charge in [0, 0.05) is 0 Å². The molecule has 0 aromatic rings. The molecule has 0 saturated carbocycles. The lowest BCUT2D eigenvalue weighted by Crippen LogP contribution is -2.36. The SMILES string of the molecule is CCCC1C=CC2=CCC3(C)C(C)=CCC3C2C1. The summed E-state index contributed by atoms with van der Waals surface area (Å²) < 4.78 is 0. The summed E-state index contributed by atoms with van der Waals surface area (Å²) in [6.45, 7) is 7.16. The minimum Gasteiger partial charge on any atom is -0.0847 e. The van der Waals surface area contributed by atoms with E-state index >= 15 is 0 Å². The summed E-state index contributed by atoms with van der Waals surface area (Å²) in [6, 6.07) is 0. The molecule has 0 aromatic carbocycles. The van der Waals surface area contributed by atoms with E-state index in [2.05, 4.69) is 45.1 Å². The van der Waals surface area contributed by atoms with Crippen LogP contribution >= 0.6 is 0 Å². The summed E-state index contributed by atoms with van der Waals surface area (Å²) in [5.74, 6) is 2.54. The summed E-state index contributed by atoms with van der Waals surface area (Å²) >= 11 is 0. The summed E-state index contributed by atoms with van der Waals surface area (Å²) in [4.78, 5) is 0. The van der Waals surface area contributed by atoms with Crippen molar-refractivity contribution in [3.05, 3.63) is 35.5 Å². The van der Waals surface area contributed by atoms with Gasteiger partial charge in [0.15, 0.2) is 0 Å². The zero-order chi connectivity index (χ0) is 12.8. The Kier molecular flexibility index (Phi) is 3.00.